The van der Waals surface area contributed by atoms with Gasteiger partial charge in [0.2, 0.25) is 0 Å². The molecule has 0 radical (unpaired) electrons. The minimum absolute atomic E-state index is 0.254. The molecular formula is C10H13NOS. The summed E-state index contributed by atoms with van der Waals surface area (Å²) in [6.45, 7) is 2.05. The highest BCUT2D eigenvalue weighted by Crippen LogP contribution is 2.37. The third-order valence-corrected chi connectivity index (χ3v) is 3.43. The minimum Gasteiger partial charge on any atom is -0.299 e. The highest BCUT2D eigenvalue weighted by atomic mass is 32.1. The van der Waals surface area contributed by atoms with E-state index in [-0.39, 0.29) is 5.92 Å². The maximum Gasteiger partial charge on any atom is 0.142 e. The minimum atomic E-state index is 0.254. The largest absolute Gasteiger partial charge is 0.299 e. The van der Waals surface area contributed by atoms with Crippen molar-refractivity contribution in [2.45, 2.75) is 26.2 Å². The van der Waals surface area contributed by atoms with Gasteiger partial charge in [0, 0.05) is 17.5 Å². The second-order valence-corrected chi connectivity index (χ2v) is 4.67. The molecule has 0 N–H and O–H groups in total. The van der Waals surface area contributed by atoms with Crippen LogP contribution in [0.4, 0.5) is 0 Å². The molecule has 1 atom stereocenters. The van der Waals surface area contributed by atoms with Crippen molar-refractivity contribution in [3.63, 3.8) is 0 Å². The van der Waals surface area contributed by atoms with E-state index in [1.165, 1.54) is 12.8 Å². The van der Waals surface area contributed by atoms with E-state index in [1.807, 2.05) is 12.3 Å². The average molecular weight is 195 g/mol. The van der Waals surface area contributed by atoms with Gasteiger partial charge in [0.25, 0.3) is 0 Å². The Labute approximate surface area is 82.0 Å². The summed E-state index contributed by atoms with van der Waals surface area (Å²) in [5.74, 6) is 1.29. The van der Waals surface area contributed by atoms with Crippen molar-refractivity contribution >= 4 is 17.1 Å². The van der Waals surface area contributed by atoms with E-state index in [4.69, 9.17) is 0 Å². The van der Waals surface area contributed by atoms with Gasteiger partial charge in [-0.2, -0.15) is 0 Å². The Hall–Kier alpha value is -0.700. The summed E-state index contributed by atoms with van der Waals surface area (Å²) < 4.78 is 0. The van der Waals surface area contributed by atoms with Crippen LogP contribution < -0.4 is 0 Å². The van der Waals surface area contributed by atoms with Crippen molar-refractivity contribution in [3.8, 4) is 0 Å². The summed E-state index contributed by atoms with van der Waals surface area (Å²) in [6, 6.07) is 0. The lowest BCUT2D eigenvalue weighted by atomic mass is 9.99. The van der Waals surface area contributed by atoms with Crippen molar-refractivity contribution in [1.82, 2.24) is 4.98 Å². The molecule has 1 unspecified atom stereocenters. The normalized spacial score (nSPS) is 18.5. The van der Waals surface area contributed by atoms with E-state index >= 15 is 0 Å². The maximum absolute atomic E-state index is 11.7. The third-order valence-electron chi connectivity index (χ3n) is 2.65. The zero-order valence-electron chi connectivity index (χ0n) is 7.69. The SMILES string of the molecule is CC(C(=O)Cc1nccs1)C1CC1. The van der Waals surface area contributed by atoms with E-state index in [0.717, 1.165) is 5.01 Å². The monoisotopic (exact) mass is 195 g/mol. The number of hydrogen-bond donors (Lipinski definition) is 0. The van der Waals surface area contributed by atoms with Gasteiger partial charge in [-0.1, -0.05) is 6.92 Å². The number of ketones is 1. The molecule has 1 aliphatic rings. The van der Waals surface area contributed by atoms with Gasteiger partial charge in [-0.05, 0) is 18.8 Å². The zero-order chi connectivity index (χ0) is 9.26. The molecule has 2 rings (SSSR count). The lowest BCUT2D eigenvalue weighted by Gasteiger charge is -2.06. The number of thiazole rings is 1. The van der Waals surface area contributed by atoms with Crippen LogP contribution in [-0.2, 0) is 11.2 Å². The van der Waals surface area contributed by atoms with Crippen molar-refractivity contribution < 1.29 is 4.79 Å². The number of aromatic nitrogens is 1. The van der Waals surface area contributed by atoms with Crippen molar-refractivity contribution in [3.05, 3.63) is 16.6 Å². The second kappa shape index (κ2) is 3.58. The highest BCUT2D eigenvalue weighted by Gasteiger charge is 2.32. The summed E-state index contributed by atoms with van der Waals surface area (Å²) in [7, 11) is 0. The number of rotatable bonds is 4. The van der Waals surface area contributed by atoms with Gasteiger partial charge < -0.3 is 0 Å². The van der Waals surface area contributed by atoms with E-state index in [2.05, 4.69) is 4.98 Å². The fourth-order valence-electron chi connectivity index (χ4n) is 1.51. The van der Waals surface area contributed by atoms with E-state index in [0.29, 0.717) is 18.1 Å². The molecule has 1 aromatic heterocycles. The van der Waals surface area contributed by atoms with Crippen LogP contribution in [0.3, 0.4) is 0 Å². The molecule has 0 aromatic carbocycles. The van der Waals surface area contributed by atoms with Crippen molar-refractivity contribution in [2.24, 2.45) is 11.8 Å². The smallest absolute Gasteiger partial charge is 0.142 e. The molecule has 0 amide bonds. The van der Waals surface area contributed by atoms with E-state index < -0.39 is 0 Å². The Morgan fingerprint density at radius 1 is 1.77 bits per heavy atom. The Morgan fingerprint density at radius 3 is 3.08 bits per heavy atom. The Morgan fingerprint density at radius 2 is 2.54 bits per heavy atom. The number of Topliss-reactive ketones (excluding diaryl/α,β-unsaturated/α-hetero) is 1. The van der Waals surface area contributed by atoms with Crippen LogP contribution >= 0.6 is 11.3 Å². The first-order chi connectivity index (χ1) is 6.27. The lowest BCUT2D eigenvalue weighted by molar-refractivity contribution is -0.122. The first-order valence-electron chi connectivity index (χ1n) is 4.68. The highest BCUT2D eigenvalue weighted by molar-refractivity contribution is 7.09. The third kappa shape index (κ3) is 2.15. The topological polar surface area (TPSA) is 30.0 Å². The zero-order valence-corrected chi connectivity index (χ0v) is 8.51. The Bertz CT molecular complexity index is 290. The molecule has 0 spiro atoms. The van der Waals surface area contributed by atoms with Gasteiger partial charge in [0.1, 0.15) is 5.78 Å². The lowest BCUT2D eigenvalue weighted by Crippen LogP contribution is -2.15. The van der Waals surface area contributed by atoms with Crippen molar-refractivity contribution in [1.29, 1.82) is 0 Å². The number of nitrogens with zero attached hydrogens (tertiary/aromatic N) is 1. The molecule has 1 aliphatic carbocycles. The maximum atomic E-state index is 11.7. The van der Waals surface area contributed by atoms with Gasteiger partial charge in [0.05, 0.1) is 11.4 Å². The number of carbonyl (C=O) groups excluding carboxylic acids is 1. The summed E-state index contributed by atoms with van der Waals surface area (Å²) >= 11 is 1.57. The molecule has 1 heterocycles. The molecule has 0 bridgehead atoms. The first-order valence-corrected chi connectivity index (χ1v) is 5.56. The van der Waals surface area contributed by atoms with Crippen LogP contribution in [-0.4, -0.2) is 10.8 Å². The standard InChI is InChI=1S/C10H13NOS/c1-7(8-2-3-8)9(12)6-10-11-4-5-13-10/h4-5,7-8H,2-3,6H2,1H3. The molecule has 1 saturated carbocycles. The van der Waals surface area contributed by atoms with E-state index in [1.54, 1.807) is 17.5 Å². The van der Waals surface area contributed by atoms with Gasteiger partial charge in [-0.15, -0.1) is 11.3 Å². The summed E-state index contributed by atoms with van der Waals surface area (Å²) in [5.41, 5.74) is 0. The van der Waals surface area contributed by atoms with Crippen LogP contribution in [0.5, 0.6) is 0 Å². The summed E-state index contributed by atoms with van der Waals surface area (Å²) in [4.78, 5) is 15.8. The van der Waals surface area contributed by atoms with Crippen molar-refractivity contribution in [2.75, 3.05) is 0 Å². The molecule has 0 aliphatic heterocycles. The van der Waals surface area contributed by atoms with Crippen LogP contribution in [0.25, 0.3) is 0 Å². The molecule has 1 aromatic rings. The van der Waals surface area contributed by atoms with Crippen LogP contribution in [0, 0.1) is 11.8 Å². The van der Waals surface area contributed by atoms with Crippen LogP contribution in [0.1, 0.15) is 24.8 Å². The van der Waals surface area contributed by atoms with Crippen LogP contribution in [0.2, 0.25) is 0 Å². The Balaban J connectivity index is 1.90. The molecule has 1 fully saturated rings. The predicted octanol–water partition coefficient (Wildman–Crippen LogP) is 2.30. The Kier molecular flexibility index (Phi) is 2.44. The molecule has 3 heteroatoms. The molecule has 70 valence electrons. The first kappa shape index (κ1) is 8.88. The molecular weight excluding hydrogens is 182 g/mol. The number of hydrogen-bond acceptors (Lipinski definition) is 3. The quantitative estimate of drug-likeness (QED) is 0.738. The number of carbonyl (C=O) groups is 1. The van der Waals surface area contributed by atoms with Gasteiger partial charge >= 0.3 is 0 Å². The molecule has 0 saturated heterocycles. The predicted molar refractivity (Wildman–Crippen MR) is 52.7 cm³/mol. The molecule has 2 nitrogen and oxygen atoms in total. The van der Waals surface area contributed by atoms with Gasteiger partial charge in [-0.3, -0.25) is 4.79 Å². The second-order valence-electron chi connectivity index (χ2n) is 3.70. The van der Waals surface area contributed by atoms with Gasteiger partial charge in [0.15, 0.2) is 0 Å². The van der Waals surface area contributed by atoms with Crippen LogP contribution in [0.15, 0.2) is 11.6 Å². The van der Waals surface area contributed by atoms with Gasteiger partial charge in [-0.25, -0.2) is 4.98 Å². The summed E-state index contributed by atoms with van der Waals surface area (Å²) in [5, 5.41) is 2.88. The fraction of sp³-hybridized carbons (Fsp3) is 0.600. The fourth-order valence-corrected chi connectivity index (χ4v) is 2.14. The average Bonchev–Trinajstić information content (AvgIpc) is 2.85. The van der Waals surface area contributed by atoms with E-state index in [9.17, 15) is 4.79 Å². The summed E-state index contributed by atoms with van der Waals surface area (Å²) in [6.07, 6.45) is 4.78. The molecule has 13 heavy (non-hydrogen) atoms.